The van der Waals surface area contributed by atoms with Crippen molar-refractivity contribution in [1.82, 2.24) is 0 Å². The number of benzene rings is 1. The van der Waals surface area contributed by atoms with Crippen LogP contribution < -0.4 is 4.72 Å². The van der Waals surface area contributed by atoms with Crippen molar-refractivity contribution in [1.29, 1.82) is 0 Å². The van der Waals surface area contributed by atoms with Gasteiger partial charge in [-0.05, 0) is 41.9 Å². The van der Waals surface area contributed by atoms with Gasteiger partial charge in [0, 0.05) is 10.0 Å². The molecule has 21 heavy (non-hydrogen) atoms. The highest BCUT2D eigenvalue weighted by Crippen LogP contribution is 2.31. The van der Waals surface area contributed by atoms with Crippen molar-refractivity contribution < 1.29 is 22.3 Å². The number of hydrogen-bond donors (Lipinski definition) is 2. The summed E-state index contributed by atoms with van der Waals surface area (Å²) >= 11 is 3.09. The van der Waals surface area contributed by atoms with Crippen molar-refractivity contribution >= 4 is 31.6 Å². The van der Waals surface area contributed by atoms with Gasteiger partial charge in [-0.25, -0.2) is 12.8 Å². The van der Waals surface area contributed by atoms with Gasteiger partial charge in [0.2, 0.25) is 0 Å². The lowest BCUT2D eigenvalue weighted by Crippen LogP contribution is -2.16. The number of anilines is 1. The topological polar surface area (TPSA) is 79.5 Å². The molecule has 1 aromatic carbocycles. The summed E-state index contributed by atoms with van der Waals surface area (Å²) < 4.78 is 46.3. The highest BCUT2D eigenvalue weighted by Gasteiger charge is 2.28. The summed E-state index contributed by atoms with van der Waals surface area (Å²) in [6, 6.07) is 4.11. The molecule has 1 aromatic heterocycles. The first-order valence-electron chi connectivity index (χ1n) is 5.94. The minimum Gasteiger partial charge on any atom is -0.465 e. The van der Waals surface area contributed by atoms with E-state index in [1.54, 1.807) is 6.92 Å². The summed E-state index contributed by atoms with van der Waals surface area (Å²) in [4.78, 5) is -0.169. The molecule has 2 N–H and O–H groups in total. The smallest absolute Gasteiger partial charge is 0.265 e. The van der Waals surface area contributed by atoms with Crippen molar-refractivity contribution in [3.8, 4) is 0 Å². The number of aliphatic hydroxyl groups is 1. The van der Waals surface area contributed by atoms with E-state index in [2.05, 4.69) is 20.7 Å². The van der Waals surface area contributed by atoms with E-state index < -0.39 is 22.4 Å². The van der Waals surface area contributed by atoms with Crippen LogP contribution in [0.1, 0.15) is 17.1 Å². The van der Waals surface area contributed by atoms with E-state index in [1.807, 2.05) is 0 Å². The van der Waals surface area contributed by atoms with Gasteiger partial charge in [-0.2, -0.15) is 0 Å². The summed E-state index contributed by atoms with van der Waals surface area (Å²) in [7, 11) is -4.08. The van der Waals surface area contributed by atoms with E-state index in [-0.39, 0.29) is 26.4 Å². The van der Waals surface area contributed by atoms with Crippen molar-refractivity contribution in [3.05, 3.63) is 45.6 Å². The Morgan fingerprint density at radius 2 is 2.00 bits per heavy atom. The summed E-state index contributed by atoms with van der Waals surface area (Å²) in [6.45, 7) is 2.53. The van der Waals surface area contributed by atoms with E-state index in [0.29, 0.717) is 5.76 Å². The number of hydrogen-bond acceptors (Lipinski definition) is 4. The maximum absolute atomic E-state index is 13.8. The van der Waals surface area contributed by atoms with Crippen molar-refractivity contribution in [3.63, 3.8) is 0 Å². The third-order valence-corrected chi connectivity index (χ3v) is 5.16. The molecule has 0 amide bonds. The zero-order chi connectivity index (χ0) is 15.8. The number of para-hydroxylation sites is 1. The number of aryl methyl sites for hydroxylation is 2. The van der Waals surface area contributed by atoms with Crippen LogP contribution in [0.5, 0.6) is 0 Å². The van der Waals surface area contributed by atoms with Crippen molar-refractivity contribution in [2.24, 2.45) is 0 Å². The van der Waals surface area contributed by atoms with Crippen LogP contribution in [0.3, 0.4) is 0 Å². The number of rotatable bonds is 4. The predicted molar refractivity (Wildman–Crippen MR) is 79.0 cm³/mol. The van der Waals surface area contributed by atoms with E-state index in [0.717, 1.165) is 6.07 Å². The molecule has 0 aliphatic carbocycles. The van der Waals surface area contributed by atoms with Crippen LogP contribution in [-0.4, -0.2) is 13.5 Å². The van der Waals surface area contributed by atoms with Crippen LogP contribution >= 0.6 is 15.9 Å². The monoisotopic (exact) mass is 377 g/mol. The summed E-state index contributed by atoms with van der Waals surface area (Å²) in [5.41, 5.74) is -0.0351. The van der Waals surface area contributed by atoms with E-state index in [1.165, 1.54) is 19.1 Å². The molecule has 0 unspecified atom stereocenters. The Hall–Kier alpha value is -1.38. The SMILES string of the molecule is Cc1oc(C)c(S(=O)(=O)Nc2c(F)cccc2Br)c1CO. The molecule has 0 saturated heterocycles. The fourth-order valence-corrected chi connectivity index (χ4v) is 4.13. The molecular weight excluding hydrogens is 365 g/mol. The van der Waals surface area contributed by atoms with Crippen LogP contribution in [0, 0.1) is 19.7 Å². The van der Waals surface area contributed by atoms with Crippen LogP contribution in [-0.2, 0) is 16.6 Å². The Morgan fingerprint density at radius 3 is 2.57 bits per heavy atom. The molecule has 0 aliphatic rings. The average Bonchev–Trinajstić information content (AvgIpc) is 2.69. The molecule has 2 rings (SSSR count). The van der Waals surface area contributed by atoms with Crippen LogP contribution in [0.15, 0.2) is 32.0 Å². The van der Waals surface area contributed by atoms with Gasteiger partial charge in [0.25, 0.3) is 10.0 Å². The van der Waals surface area contributed by atoms with Crippen molar-refractivity contribution in [2.75, 3.05) is 4.72 Å². The maximum Gasteiger partial charge on any atom is 0.265 e. The third-order valence-electron chi connectivity index (χ3n) is 2.95. The fraction of sp³-hybridized carbons (Fsp3) is 0.231. The van der Waals surface area contributed by atoms with Gasteiger partial charge >= 0.3 is 0 Å². The molecule has 0 aliphatic heterocycles. The molecule has 2 aromatic rings. The van der Waals surface area contributed by atoms with E-state index in [4.69, 9.17) is 4.42 Å². The van der Waals surface area contributed by atoms with Gasteiger partial charge in [0.15, 0.2) is 0 Å². The van der Waals surface area contributed by atoms with Crippen molar-refractivity contribution in [2.45, 2.75) is 25.3 Å². The zero-order valence-electron chi connectivity index (χ0n) is 11.3. The minimum absolute atomic E-state index is 0.136. The molecule has 5 nitrogen and oxygen atoms in total. The first kappa shape index (κ1) is 16.0. The number of sulfonamides is 1. The Morgan fingerprint density at radius 1 is 1.33 bits per heavy atom. The van der Waals surface area contributed by atoms with Gasteiger partial charge in [0.05, 0.1) is 12.3 Å². The lowest BCUT2D eigenvalue weighted by atomic mass is 10.2. The molecule has 8 heteroatoms. The van der Waals surface area contributed by atoms with Gasteiger partial charge in [-0.1, -0.05) is 6.07 Å². The van der Waals surface area contributed by atoms with E-state index in [9.17, 15) is 17.9 Å². The zero-order valence-corrected chi connectivity index (χ0v) is 13.7. The molecule has 0 fully saturated rings. The molecule has 0 bridgehead atoms. The second-order valence-corrected chi connectivity index (χ2v) is 6.86. The molecule has 1 heterocycles. The highest BCUT2D eigenvalue weighted by atomic mass is 79.9. The van der Waals surface area contributed by atoms with Gasteiger partial charge in [-0.3, -0.25) is 4.72 Å². The average molecular weight is 378 g/mol. The third kappa shape index (κ3) is 2.97. The molecule has 114 valence electrons. The van der Waals surface area contributed by atoms with Gasteiger partial charge in [-0.15, -0.1) is 0 Å². The second-order valence-electron chi connectivity index (χ2n) is 4.38. The standard InChI is InChI=1S/C13H13BrFNO4S/c1-7-9(6-17)13(8(2)20-7)21(18,19)16-12-10(14)4-3-5-11(12)15/h3-5,16-17H,6H2,1-2H3. The maximum atomic E-state index is 13.8. The lowest BCUT2D eigenvalue weighted by molar-refractivity contribution is 0.276. The molecule has 0 spiro atoms. The summed E-state index contributed by atoms with van der Waals surface area (Å²) in [6.07, 6.45) is 0. The van der Waals surface area contributed by atoms with E-state index >= 15 is 0 Å². The van der Waals surface area contributed by atoms with Crippen LogP contribution in [0.2, 0.25) is 0 Å². The largest absolute Gasteiger partial charge is 0.465 e. The quantitative estimate of drug-likeness (QED) is 0.857. The van der Waals surface area contributed by atoms with Crippen LogP contribution in [0.25, 0.3) is 0 Å². The number of halogens is 2. The lowest BCUT2D eigenvalue weighted by Gasteiger charge is -2.11. The molecule has 0 saturated carbocycles. The Kier molecular flexibility index (Phi) is 4.40. The van der Waals surface area contributed by atoms with Crippen LogP contribution in [0.4, 0.5) is 10.1 Å². The number of nitrogens with one attached hydrogen (secondary N) is 1. The Labute approximate surface area is 130 Å². The summed E-state index contributed by atoms with van der Waals surface area (Å²) in [5.74, 6) is -0.268. The Balaban J connectivity index is 2.54. The first-order chi connectivity index (χ1) is 9.77. The van der Waals surface area contributed by atoms with Gasteiger partial charge in [0.1, 0.15) is 22.2 Å². The summed E-state index contributed by atoms with van der Waals surface area (Å²) in [5, 5.41) is 9.32. The second kappa shape index (κ2) is 5.78. The normalized spacial score (nSPS) is 11.7. The molecule has 0 atom stereocenters. The van der Waals surface area contributed by atoms with Gasteiger partial charge < -0.3 is 9.52 Å². The predicted octanol–water partition coefficient (Wildman–Crippen LogP) is 3.09. The first-order valence-corrected chi connectivity index (χ1v) is 8.22. The molecule has 0 radical (unpaired) electrons. The number of furan rings is 1. The number of aliphatic hydroxyl groups excluding tert-OH is 1. The highest BCUT2D eigenvalue weighted by molar-refractivity contribution is 9.10. The fourth-order valence-electron chi connectivity index (χ4n) is 2.03. The minimum atomic E-state index is -4.08. The molecular formula is C13H13BrFNO4S. The Bertz CT molecular complexity index is 765.